The second kappa shape index (κ2) is 6.07. The zero-order valence-corrected chi connectivity index (χ0v) is 13.1. The molecule has 0 aliphatic carbocycles. The van der Waals surface area contributed by atoms with Gasteiger partial charge in [0, 0.05) is 36.0 Å². The average Bonchev–Trinajstić information content (AvgIpc) is 2.26. The molecule has 0 amide bonds. The maximum Gasteiger partial charge on any atom is 0.273 e. The van der Waals surface area contributed by atoms with Crippen molar-refractivity contribution in [2.24, 2.45) is 0 Å². The van der Waals surface area contributed by atoms with E-state index in [1.54, 1.807) is 13.8 Å². The van der Waals surface area contributed by atoms with E-state index >= 15 is 0 Å². The molecule has 0 radical (unpaired) electrons. The highest BCUT2D eigenvalue weighted by atomic mass is 35.5. The van der Waals surface area contributed by atoms with Gasteiger partial charge in [0.2, 0.25) is 0 Å². The summed E-state index contributed by atoms with van der Waals surface area (Å²) in [7, 11) is -3.21. The first-order valence-corrected chi connectivity index (χ1v) is 8.15. The summed E-state index contributed by atoms with van der Waals surface area (Å²) < 4.78 is 22.2. The van der Waals surface area contributed by atoms with Gasteiger partial charge in [-0.05, 0) is 26.0 Å². The quantitative estimate of drug-likeness (QED) is 0.641. The third-order valence-corrected chi connectivity index (χ3v) is 5.50. The minimum absolute atomic E-state index is 0.0425. The van der Waals surface area contributed by atoms with E-state index in [2.05, 4.69) is 5.32 Å². The maximum absolute atomic E-state index is 11.6. The van der Waals surface area contributed by atoms with Crippen LogP contribution in [0.5, 0.6) is 0 Å². The van der Waals surface area contributed by atoms with Crippen molar-refractivity contribution in [3.63, 3.8) is 0 Å². The first kappa shape index (κ1) is 16.9. The molecule has 0 bridgehead atoms. The van der Waals surface area contributed by atoms with E-state index in [-0.39, 0.29) is 18.8 Å². The number of nitro benzene ring substituents is 1. The summed E-state index contributed by atoms with van der Waals surface area (Å²) in [5, 5.41) is 14.2. The fourth-order valence-corrected chi connectivity index (χ4v) is 2.06. The molecule has 112 valence electrons. The Bertz CT molecular complexity index is 614. The highest BCUT2D eigenvalue weighted by molar-refractivity contribution is 7.92. The van der Waals surface area contributed by atoms with Crippen LogP contribution in [-0.2, 0) is 16.4 Å². The van der Waals surface area contributed by atoms with Crippen LogP contribution in [0, 0.1) is 10.1 Å². The van der Waals surface area contributed by atoms with E-state index in [0.717, 1.165) is 6.26 Å². The Kier molecular flexibility index (Phi) is 5.12. The summed E-state index contributed by atoms with van der Waals surface area (Å²) in [6.07, 6.45) is 1.16. The van der Waals surface area contributed by atoms with Gasteiger partial charge in [0.05, 0.1) is 9.67 Å². The summed E-state index contributed by atoms with van der Waals surface area (Å²) in [5.41, 5.74) is 0.380. The Morgan fingerprint density at radius 2 is 2.00 bits per heavy atom. The highest BCUT2D eigenvalue weighted by Crippen LogP contribution is 2.23. The number of halogens is 1. The molecule has 0 spiro atoms. The largest absolute Gasteiger partial charge is 0.311 e. The molecule has 6 nitrogen and oxygen atoms in total. The first-order chi connectivity index (χ1) is 9.04. The van der Waals surface area contributed by atoms with Crippen LogP contribution < -0.4 is 5.32 Å². The van der Waals surface area contributed by atoms with Crippen molar-refractivity contribution >= 4 is 27.1 Å². The Hall–Kier alpha value is -1.18. The van der Waals surface area contributed by atoms with Gasteiger partial charge in [-0.1, -0.05) is 11.6 Å². The van der Waals surface area contributed by atoms with E-state index in [0.29, 0.717) is 10.6 Å². The van der Waals surface area contributed by atoms with Gasteiger partial charge in [-0.2, -0.15) is 0 Å². The monoisotopic (exact) mass is 320 g/mol. The lowest BCUT2D eigenvalue weighted by Crippen LogP contribution is -2.41. The molecule has 0 heterocycles. The predicted molar refractivity (Wildman–Crippen MR) is 78.7 cm³/mol. The molecule has 0 saturated heterocycles. The number of hydrogen-bond acceptors (Lipinski definition) is 5. The van der Waals surface area contributed by atoms with Crippen LogP contribution in [0.15, 0.2) is 18.2 Å². The molecule has 20 heavy (non-hydrogen) atoms. The number of sulfone groups is 1. The molecule has 0 aliphatic rings. The van der Waals surface area contributed by atoms with Crippen LogP contribution in [0.25, 0.3) is 0 Å². The van der Waals surface area contributed by atoms with E-state index in [4.69, 9.17) is 11.6 Å². The molecular weight excluding hydrogens is 304 g/mol. The average molecular weight is 321 g/mol. The van der Waals surface area contributed by atoms with E-state index in [9.17, 15) is 18.5 Å². The van der Waals surface area contributed by atoms with Gasteiger partial charge in [-0.15, -0.1) is 0 Å². The molecule has 0 aliphatic heterocycles. The number of nitrogens with zero attached hydrogens (tertiary/aromatic N) is 1. The molecule has 1 N–H and O–H groups in total. The van der Waals surface area contributed by atoms with E-state index in [1.807, 2.05) is 0 Å². The Morgan fingerprint density at radius 3 is 2.50 bits per heavy atom. The molecule has 1 aromatic rings. The van der Waals surface area contributed by atoms with Gasteiger partial charge in [-0.3, -0.25) is 10.1 Å². The van der Waals surface area contributed by atoms with E-state index < -0.39 is 19.5 Å². The molecule has 0 unspecified atom stereocenters. The second-order valence-corrected chi connectivity index (χ2v) is 8.25. The lowest BCUT2D eigenvalue weighted by molar-refractivity contribution is -0.385. The van der Waals surface area contributed by atoms with Crippen molar-refractivity contribution in [1.29, 1.82) is 0 Å². The van der Waals surface area contributed by atoms with Crippen LogP contribution >= 0.6 is 11.6 Å². The second-order valence-electron chi connectivity index (χ2n) is 5.17. The SMILES string of the molecule is CC(C)(CNCc1cc(Cl)ccc1[N+](=O)[O-])S(C)(=O)=O. The third-order valence-electron chi connectivity index (χ3n) is 3.11. The standard InChI is InChI=1S/C12H17ClN2O4S/c1-12(2,20(3,18)19)8-14-7-9-6-10(13)4-5-11(9)15(16)17/h4-6,14H,7-8H2,1-3H3. The molecule has 0 atom stereocenters. The predicted octanol–water partition coefficient (Wildman–Crippen LogP) is 2.16. The highest BCUT2D eigenvalue weighted by Gasteiger charge is 2.29. The Morgan fingerprint density at radius 1 is 1.40 bits per heavy atom. The lowest BCUT2D eigenvalue weighted by Gasteiger charge is -2.22. The molecule has 0 saturated carbocycles. The summed E-state index contributed by atoms with van der Waals surface area (Å²) in [5.74, 6) is 0. The van der Waals surface area contributed by atoms with Gasteiger partial charge in [0.15, 0.2) is 9.84 Å². The van der Waals surface area contributed by atoms with Crippen molar-refractivity contribution in [2.75, 3.05) is 12.8 Å². The molecule has 1 rings (SSSR count). The zero-order chi connectivity index (χ0) is 15.6. The lowest BCUT2D eigenvalue weighted by atomic mass is 10.1. The summed E-state index contributed by atoms with van der Waals surface area (Å²) in [6, 6.07) is 4.28. The summed E-state index contributed by atoms with van der Waals surface area (Å²) >= 11 is 5.82. The van der Waals surface area contributed by atoms with Gasteiger partial charge in [0.1, 0.15) is 0 Å². The zero-order valence-electron chi connectivity index (χ0n) is 11.5. The Labute approximate surface area is 123 Å². The summed E-state index contributed by atoms with van der Waals surface area (Å²) in [6.45, 7) is 3.56. The molecular formula is C12H17ClN2O4S. The van der Waals surface area contributed by atoms with Gasteiger partial charge < -0.3 is 5.32 Å². The summed E-state index contributed by atoms with van der Waals surface area (Å²) in [4.78, 5) is 10.4. The minimum atomic E-state index is -3.21. The van der Waals surface area contributed by atoms with Crippen molar-refractivity contribution in [3.05, 3.63) is 38.9 Å². The Balaban J connectivity index is 2.81. The van der Waals surface area contributed by atoms with Crippen molar-refractivity contribution < 1.29 is 13.3 Å². The van der Waals surface area contributed by atoms with Crippen LogP contribution in [-0.4, -0.2) is 30.9 Å². The normalized spacial score (nSPS) is 12.4. The molecule has 8 heteroatoms. The number of benzene rings is 1. The van der Waals surface area contributed by atoms with Crippen LogP contribution in [0.4, 0.5) is 5.69 Å². The molecule has 0 fully saturated rings. The van der Waals surface area contributed by atoms with Crippen LogP contribution in [0.1, 0.15) is 19.4 Å². The number of nitrogens with one attached hydrogen (secondary N) is 1. The minimum Gasteiger partial charge on any atom is -0.311 e. The first-order valence-electron chi connectivity index (χ1n) is 5.88. The van der Waals surface area contributed by atoms with Gasteiger partial charge in [0.25, 0.3) is 5.69 Å². The fourth-order valence-electron chi connectivity index (χ4n) is 1.50. The number of nitro groups is 1. The molecule has 0 aromatic heterocycles. The van der Waals surface area contributed by atoms with E-state index in [1.165, 1.54) is 18.2 Å². The topological polar surface area (TPSA) is 89.3 Å². The number of rotatable bonds is 6. The third kappa shape index (κ3) is 4.16. The van der Waals surface area contributed by atoms with Crippen LogP contribution in [0.2, 0.25) is 5.02 Å². The van der Waals surface area contributed by atoms with Crippen LogP contribution in [0.3, 0.4) is 0 Å². The fraction of sp³-hybridized carbons (Fsp3) is 0.500. The van der Waals surface area contributed by atoms with Gasteiger partial charge in [-0.25, -0.2) is 8.42 Å². The van der Waals surface area contributed by atoms with Crippen molar-refractivity contribution in [1.82, 2.24) is 5.32 Å². The maximum atomic E-state index is 11.6. The smallest absolute Gasteiger partial charge is 0.273 e. The van der Waals surface area contributed by atoms with Crippen molar-refractivity contribution in [3.8, 4) is 0 Å². The van der Waals surface area contributed by atoms with Gasteiger partial charge >= 0.3 is 0 Å². The molecule has 1 aromatic carbocycles. The van der Waals surface area contributed by atoms with Crippen molar-refractivity contribution in [2.45, 2.75) is 25.1 Å². The number of hydrogen-bond donors (Lipinski definition) is 1.